The lowest BCUT2D eigenvalue weighted by Crippen LogP contribution is -2.60. The molecule has 4 fully saturated rings. The number of hydrogen-bond acceptors (Lipinski definition) is 3. The molecule has 23 heavy (non-hydrogen) atoms. The van der Waals surface area contributed by atoms with Crippen molar-refractivity contribution in [3.05, 3.63) is 0 Å². The molecule has 4 aliphatic rings. The summed E-state index contributed by atoms with van der Waals surface area (Å²) in [6.07, 6.45) is 6.99. The predicted octanol–water partition coefficient (Wildman–Crippen LogP) is 3.32. The summed E-state index contributed by atoms with van der Waals surface area (Å²) in [7, 11) is 0. The Hall–Kier alpha value is -0.410. The van der Waals surface area contributed by atoms with Crippen molar-refractivity contribution in [3.63, 3.8) is 0 Å². The van der Waals surface area contributed by atoms with Crippen molar-refractivity contribution in [2.24, 2.45) is 34.5 Å². The Morgan fingerprint density at radius 2 is 1.83 bits per heavy atom. The van der Waals surface area contributed by atoms with Crippen molar-refractivity contribution in [2.45, 2.75) is 83.8 Å². The summed E-state index contributed by atoms with van der Waals surface area (Å²) in [5, 5.41) is 22.1. The van der Waals surface area contributed by atoms with Crippen LogP contribution in [0.2, 0.25) is 0 Å². The van der Waals surface area contributed by atoms with Crippen LogP contribution in [0.25, 0.3) is 0 Å². The van der Waals surface area contributed by atoms with Crippen LogP contribution in [0.15, 0.2) is 0 Å². The maximum Gasteiger partial charge on any atom is 0.133 e. The minimum Gasteiger partial charge on any atom is -0.393 e. The van der Waals surface area contributed by atoms with E-state index in [9.17, 15) is 15.0 Å². The summed E-state index contributed by atoms with van der Waals surface area (Å²) in [4.78, 5) is 11.9. The summed E-state index contributed by atoms with van der Waals surface area (Å²) < 4.78 is 0. The van der Waals surface area contributed by atoms with Gasteiger partial charge in [0.1, 0.15) is 5.78 Å². The van der Waals surface area contributed by atoms with Gasteiger partial charge in [0, 0.05) is 18.3 Å². The third kappa shape index (κ3) is 1.99. The van der Waals surface area contributed by atoms with Crippen LogP contribution in [-0.4, -0.2) is 27.7 Å². The first kappa shape index (κ1) is 16.1. The molecule has 130 valence electrons. The number of aliphatic hydroxyl groups is 2. The van der Waals surface area contributed by atoms with E-state index in [4.69, 9.17) is 0 Å². The van der Waals surface area contributed by atoms with Gasteiger partial charge in [0.15, 0.2) is 0 Å². The molecule has 3 nitrogen and oxygen atoms in total. The summed E-state index contributed by atoms with van der Waals surface area (Å²) in [5.41, 5.74) is -0.683. The third-order valence-electron chi connectivity index (χ3n) is 8.98. The summed E-state index contributed by atoms with van der Waals surface area (Å²) in [6.45, 7) is 6.54. The molecule has 0 aromatic carbocycles. The fourth-order valence-electron chi connectivity index (χ4n) is 7.39. The van der Waals surface area contributed by atoms with Gasteiger partial charge in [-0.2, -0.15) is 0 Å². The molecule has 0 amide bonds. The number of ketones is 1. The largest absolute Gasteiger partial charge is 0.393 e. The highest BCUT2D eigenvalue weighted by molar-refractivity contribution is 5.79. The number of fused-ring (bicyclic) bond motifs is 5. The first-order chi connectivity index (χ1) is 10.7. The summed E-state index contributed by atoms with van der Waals surface area (Å²) in [5.74, 6) is 2.26. The molecule has 0 aromatic rings. The van der Waals surface area contributed by atoms with E-state index in [1.54, 1.807) is 0 Å². The predicted molar refractivity (Wildman–Crippen MR) is 88.7 cm³/mol. The Labute approximate surface area is 139 Å². The standard InChI is InChI=1S/C20H32O3/c1-18-8-6-13(21)10-12(18)4-5-14-15-7-9-20(3,23)19(15,2)11-16(22)17(14)18/h12,14-17,22-23H,4-11H2,1-3H3/t12-,14-,15-,16-,17+,18-,19-,20-/m0/s1. The van der Waals surface area contributed by atoms with Gasteiger partial charge in [0.25, 0.3) is 0 Å². The van der Waals surface area contributed by atoms with E-state index in [0.717, 1.165) is 44.9 Å². The van der Waals surface area contributed by atoms with E-state index >= 15 is 0 Å². The maximum absolute atomic E-state index is 11.9. The second-order valence-electron chi connectivity index (χ2n) is 9.82. The zero-order valence-electron chi connectivity index (χ0n) is 14.8. The van der Waals surface area contributed by atoms with Crippen LogP contribution >= 0.6 is 0 Å². The fourth-order valence-corrected chi connectivity index (χ4v) is 7.39. The SMILES string of the molecule is C[C@]12CCC(=O)C[C@@H]1CC[C@@H]1[C@@H]2[C@@H](O)C[C@@]2(C)[C@H]1CC[C@]2(C)O. The molecule has 0 aliphatic heterocycles. The quantitative estimate of drug-likeness (QED) is 0.720. The van der Waals surface area contributed by atoms with Crippen LogP contribution in [0, 0.1) is 34.5 Å². The van der Waals surface area contributed by atoms with Gasteiger partial charge in [0.05, 0.1) is 11.7 Å². The van der Waals surface area contributed by atoms with Gasteiger partial charge in [-0.3, -0.25) is 4.79 Å². The van der Waals surface area contributed by atoms with E-state index in [0.29, 0.717) is 35.9 Å². The van der Waals surface area contributed by atoms with Gasteiger partial charge in [-0.05, 0) is 74.5 Å². The van der Waals surface area contributed by atoms with Crippen LogP contribution in [-0.2, 0) is 4.79 Å². The molecule has 0 unspecified atom stereocenters. The van der Waals surface area contributed by atoms with E-state index in [2.05, 4.69) is 13.8 Å². The highest BCUT2D eigenvalue weighted by atomic mass is 16.3. The lowest BCUT2D eigenvalue weighted by Gasteiger charge is -2.62. The molecule has 2 N–H and O–H groups in total. The molecule has 0 radical (unpaired) electrons. The second kappa shape index (κ2) is 4.82. The minimum absolute atomic E-state index is 0.117. The topological polar surface area (TPSA) is 57.5 Å². The molecule has 0 bridgehead atoms. The Bertz CT molecular complexity index is 527. The number of rotatable bonds is 0. The normalized spacial score (nSPS) is 59.2. The monoisotopic (exact) mass is 320 g/mol. The van der Waals surface area contributed by atoms with Crippen molar-refractivity contribution in [1.29, 1.82) is 0 Å². The first-order valence-corrected chi connectivity index (χ1v) is 9.61. The molecule has 0 aromatic heterocycles. The average molecular weight is 320 g/mol. The molecule has 4 saturated carbocycles. The van der Waals surface area contributed by atoms with E-state index in [-0.39, 0.29) is 16.9 Å². The molecular formula is C20H32O3. The number of aliphatic hydroxyl groups excluding tert-OH is 1. The van der Waals surface area contributed by atoms with E-state index < -0.39 is 5.60 Å². The molecule has 4 aliphatic carbocycles. The van der Waals surface area contributed by atoms with E-state index in [1.807, 2.05) is 6.92 Å². The van der Waals surface area contributed by atoms with E-state index in [1.165, 1.54) is 0 Å². The number of Topliss-reactive ketones (excluding diaryl/α,β-unsaturated/α-hetero) is 1. The van der Waals surface area contributed by atoms with Crippen molar-refractivity contribution in [2.75, 3.05) is 0 Å². The summed E-state index contributed by atoms with van der Waals surface area (Å²) in [6, 6.07) is 0. The van der Waals surface area contributed by atoms with Gasteiger partial charge in [0.2, 0.25) is 0 Å². The van der Waals surface area contributed by atoms with Gasteiger partial charge in [-0.25, -0.2) is 0 Å². The maximum atomic E-state index is 11.9. The molecule has 0 heterocycles. The minimum atomic E-state index is -0.649. The van der Waals surface area contributed by atoms with Crippen LogP contribution in [0.3, 0.4) is 0 Å². The second-order valence-corrected chi connectivity index (χ2v) is 9.82. The molecular weight excluding hydrogens is 288 g/mol. The zero-order valence-corrected chi connectivity index (χ0v) is 14.8. The number of carbonyl (C=O) groups excluding carboxylic acids is 1. The van der Waals surface area contributed by atoms with Crippen LogP contribution in [0.4, 0.5) is 0 Å². The van der Waals surface area contributed by atoms with Crippen molar-refractivity contribution in [1.82, 2.24) is 0 Å². The fraction of sp³-hybridized carbons (Fsp3) is 0.950. The molecule has 4 rings (SSSR count). The molecule has 0 spiro atoms. The number of hydrogen-bond donors (Lipinski definition) is 2. The zero-order chi connectivity index (χ0) is 16.6. The number of carbonyl (C=O) groups is 1. The molecule has 0 saturated heterocycles. The van der Waals surface area contributed by atoms with Crippen LogP contribution in [0.1, 0.15) is 72.1 Å². The van der Waals surface area contributed by atoms with Crippen LogP contribution in [0.5, 0.6) is 0 Å². The van der Waals surface area contributed by atoms with Gasteiger partial charge >= 0.3 is 0 Å². The third-order valence-corrected chi connectivity index (χ3v) is 8.98. The smallest absolute Gasteiger partial charge is 0.133 e. The summed E-state index contributed by atoms with van der Waals surface area (Å²) >= 11 is 0. The Balaban J connectivity index is 1.70. The Morgan fingerprint density at radius 1 is 1.09 bits per heavy atom. The molecule has 3 heteroatoms. The lowest BCUT2D eigenvalue weighted by molar-refractivity contribution is -0.192. The Morgan fingerprint density at radius 3 is 2.57 bits per heavy atom. The highest BCUT2D eigenvalue weighted by Gasteiger charge is 2.65. The van der Waals surface area contributed by atoms with Crippen molar-refractivity contribution >= 4 is 5.78 Å². The average Bonchev–Trinajstić information content (AvgIpc) is 2.69. The van der Waals surface area contributed by atoms with Gasteiger partial charge < -0.3 is 10.2 Å². The van der Waals surface area contributed by atoms with Crippen molar-refractivity contribution in [3.8, 4) is 0 Å². The highest BCUT2D eigenvalue weighted by Crippen LogP contribution is 2.67. The Kier molecular flexibility index (Phi) is 3.37. The van der Waals surface area contributed by atoms with Gasteiger partial charge in [-0.1, -0.05) is 13.8 Å². The first-order valence-electron chi connectivity index (χ1n) is 9.61. The molecule has 8 atom stereocenters. The van der Waals surface area contributed by atoms with Gasteiger partial charge in [-0.15, -0.1) is 0 Å². The van der Waals surface area contributed by atoms with Crippen molar-refractivity contribution < 1.29 is 15.0 Å². The lowest BCUT2D eigenvalue weighted by atomic mass is 9.44. The van der Waals surface area contributed by atoms with Crippen LogP contribution < -0.4 is 0 Å².